The highest BCUT2D eigenvalue weighted by Crippen LogP contribution is 2.26. The fourth-order valence-electron chi connectivity index (χ4n) is 1.35. The molecule has 5 nitrogen and oxygen atoms in total. The standard InChI is InChI=1S/C10H7F2N3O2S/c11-10(12)17-5-1-6(7-3-18-4-15-7)8(9(13)16)14-2-5/h1-4,10H,(H2,13,16). The first-order valence-electron chi connectivity index (χ1n) is 4.71. The number of amides is 1. The Bertz CT molecular complexity index is 560. The van der Waals surface area contributed by atoms with Gasteiger partial charge in [0, 0.05) is 10.9 Å². The van der Waals surface area contributed by atoms with E-state index < -0.39 is 12.5 Å². The number of primary amides is 1. The van der Waals surface area contributed by atoms with Crippen LogP contribution in [0, 0.1) is 0 Å². The van der Waals surface area contributed by atoms with E-state index in [1.165, 1.54) is 17.4 Å². The van der Waals surface area contributed by atoms with Crippen molar-refractivity contribution >= 4 is 17.2 Å². The Morgan fingerprint density at radius 2 is 2.22 bits per heavy atom. The van der Waals surface area contributed by atoms with Crippen LogP contribution >= 0.6 is 11.3 Å². The molecule has 2 N–H and O–H groups in total. The predicted octanol–water partition coefficient (Wildman–Crippen LogP) is 1.91. The molecule has 0 saturated carbocycles. The van der Waals surface area contributed by atoms with Crippen molar-refractivity contribution < 1.29 is 18.3 Å². The van der Waals surface area contributed by atoms with E-state index in [0.717, 1.165) is 6.20 Å². The minimum Gasteiger partial charge on any atom is -0.433 e. The summed E-state index contributed by atoms with van der Waals surface area (Å²) in [5.74, 6) is -0.917. The van der Waals surface area contributed by atoms with Gasteiger partial charge in [-0.25, -0.2) is 9.97 Å². The number of aromatic nitrogens is 2. The van der Waals surface area contributed by atoms with Gasteiger partial charge in [0.05, 0.1) is 17.4 Å². The van der Waals surface area contributed by atoms with Crippen molar-refractivity contribution in [1.82, 2.24) is 9.97 Å². The van der Waals surface area contributed by atoms with Crippen LogP contribution in [0.1, 0.15) is 10.5 Å². The number of carbonyl (C=O) groups excluding carboxylic acids is 1. The van der Waals surface area contributed by atoms with Gasteiger partial charge in [0.1, 0.15) is 11.4 Å². The molecule has 0 aromatic carbocycles. The number of nitrogens with two attached hydrogens (primary N) is 1. The molecule has 2 aromatic rings. The highest BCUT2D eigenvalue weighted by atomic mass is 32.1. The van der Waals surface area contributed by atoms with Crippen LogP contribution < -0.4 is 10.5 Å². The van der Waals surface area contributed by atoms with E-state index in [1.54, 1.807) is 10.9 Å². The third-order valence-electron chi connectivity index (χ3n) is 2.03. The van der Waals surface area contributed by atoms with Crippen molar-refractivity contribution in [3.63, 3.8) is 0 Å². The maximum Gasteiger partial charge on any atom is 0.387 e. The third-order valence-corrected chi connectivity index (χ3v) is 2.62. The third kappa shape index (κ3) is 2.59. The molecular weight excluding hydrogens is 264 g/mol. The number of rotatable bonds is 4. The molecule has 0 atom stereocenters. The van der Waals surface area contributed by atoms with Gasteiger partial charge in [-0.2, -0.15) is 8.78 Å². The summed E-state index contributed by atoms with van der Waals surface area (Å²) in [6, 6.07) is 1.26. The van der Waals surface area contributed by atoms with Gasteiger partial charge in [0.15, 0.2) is 0 Å². The van der Waals surface area contributed by atoms with E-state index in [1.807, 2.05) is 0 Å². The van der Waals surface area contributed by atoms with E-state index in [2.05, 4.69) is 14.7 Å². The molecule has 0 saturated heterocycles. The molecule has 1 amide bonds. The first kappa shape index (κ1) is 12.4. The number of carbonyl (C=O) groups is 1. The van der Waals surface area contributed by atoms with Crippen LogP contribution in [0.15, 0.2) is 23.2 Å². The number of nitrogens with zero attached hydrogens (tertiary/aromatic N) is 2. The molecule has 2 heterocycles. The van der Waals surface area contributed by atoms with E-state index in [9.17, 15) is 13.6 Å². The second-order valence-corrected chi connectivity index (χ2v) is 3.90. The lowest BCUT2D eigenvalue weighted by atomic mass is 10.1. The SMILES string of the molecule is NC(=O)c1ncc(OC(F)F)cc1-c1cscn1. The molecule has 0 aliphatic heterocycles. The lowest BCUT2D eigenvalue weighted by molar-refractivity contribution is -0.0500. The first-order chi connectivity index (χ1) is 8.58. The van der Waals surface area contributed by atoms with Crippen molar-refractivity contribution in [2.24, 2.45) is 5.73 Å². The van der Waals surface area contributed by atoms with Gasteiger partial charge in [0.25, 0.3) is 5.91 Å². The number of ether oxygens (including phenoxy) is 1. The molecule has 8 heteroatoms. The summed E-state index contributed by atoms with van der Waals surface area (Å²) < 4.78 is 28.4. The Hall–Kier alpha value is -2.09. The number of halogens is 2. The lowest BCUT2D eigenvalue weighted by Gasteiger charge is -2.07. The van der Waals surface area contributed by atoms with Crippen LogP contribution in [0.4, 0.5) is 8.78 Å². The number of hydrogen-bond donors (Lipinski definition) is 1. The zero-order chi connectivity index (χ0) is 13.1. The van der Waals surface area contributed by atoms with Gasteiger partial charge < -0.3 is 10.5 Å². The summed E-state index contributed by atoms with van der Waals surface area (Å²) in [6.07, 6.45) is 1.02. The molecule has 0 spiro atoms. The lowest BCUT2D eigenvalue weighted by Crippen LogP contribution is -2.15. The average molecular weight is 271 g/mol. The van der Waals surface area contributed by atoms with Crippen molar-refractivity contribution in [3.05, 3.63) is 28.8 Å². The summed E-state index contributed by atoms with van der Waals surface area (Å²) in [5, 5.41) is 1.65. The molecular formula is C10H7F2N3O2S. The second kappa shape index (κ2) is 5.05. The second-order valence-electron chi connectivity index (χ2n) is 3.18. The van der Waals surface area contributed by atoms with Crippen LogP contribution in [0.2, 0.25) is 0 Å². The summed E-state index contributed by atoms with van der Waals surface area (Å²) in [6.45, 7) is -2.96. The molecule has 94 valence electrons. The average Bonchev–Trinajstić information content (AvgIpc) is 2.80. The minimum absolute atomic E-state index is 0.0393. The van der Waals surface area contributed by atoms with Crippen molar-refractivity contribution in [3.8, 4) is 17.0 Å². The summed E-state index contributed by atoms with van der Waals surface area (Å²) in [7, 11) is 0. The van der Waals surface area contributed by atoms with Crippen molar-refractivity contribution in [2.45, 2.75) is 6.61 Å². The number of thiazole rings is 1. The Morgan fingerprint density at radius 1 is 1.44 bits per heavy atom. The topological polar surface area (TPSA) is 78.1 Å². The van der Waals surface area contributed by atoms with Crippen LogP contribution in [0.3, 0.4) is 0 Å². The predicted molar refractivity (Wildman–Crippen MR) is 60.5 cm³/mol. The summed E-state index contributed by atoms with van der Waals surface area (Å²) >= 11 is 1.29. The largest absolute Gasteiger partial charge is 0.433 e. The van der Waals surface area contributed by atoms with Gasteiger partial charge in [-0.15, -0.1) is 11.3 Å². The molecule has 0 unspecified atom stereocenters. The maximum atomic E-state index is 12.1. The molecule has 18 heavy (non-hydrogen) atoms. The normalized spacial score (nSPS) is 10.6. The Morgan fingerprint density at radius 3 is 2.78 bits per heavy atom. The number of alkyl halides is 2. The quantitative estimate of drug-likeness (QED) is 0.921. The van der Waals surface area contributed by atoms with Crippen LogP contribution in [-0.4, -0.2) is 22.5 Å². The van der Waals surface area contributed by atoms with Crippen LogP contribution in [0.25, 0.3) is 11.3 Å². The fourth-order valence-corrected chi connectivity index (χ4v) is 1.90. The Balaban J connectivity index is 2.48. The Labute approximate surface area is 104 Å². The maximum absolute atomic E-state index is 12.1. The molecule has 2 rings (SSSR count). The van der Waals surface area contributed by atoms with Gasteiger partial charge in [-0.05, 0) is 6.07 Å². The molecule has 0 aliphatic carbocycles. The number of hydrogen-bond acceptors (Lipinski definition) is 5. The van der Waals surface area contributed by atoms with E-state index >= 15 is 0 Å². The highest BCUT2D eigenvalue weighted by Gasteiger charge is 2.16. The molecule has 0 bridgehead atoms. The first-order valence-corrected chi connectivity index (χ1v) is 5.65. The van der Waals surface area contributed by atoms with E-state index in [0.29, 0.717) is 5.69 Å². The van der Waals surface area contributed by atoms with E-state index in [-0.39, 0.29) is 17.0 Å². The van der Waals surface area contributed by atoms with Gasteiger partial charge in [-0.1, -0.05) is 0 Å². The molecule has 0 aliphatic rings. The minimum atomic E-state index is -2.96. The number of pyridine rings is 1. The summed E-state index contributed by atoms with van der Waals surface area (Å²) in [4.78, 5) is 18.9. The van der Waals surface area contributed by atoms with Crippen molar-refractivity contribution in [2.75, 3.05) is 0 Å². The molecule has 0 fully saturated rings. The smallest absolute Gasteiger partial charge is 0.387 e. The molecule has 2 aromatic heterocycles. The van der Waals surface area contributed by atoms with Crippen LogP contribution in [-0.2, 0) is 0 Å². The zero-order valence-electron chi connectivity index (χ0n) is 8.84. The summed E-state index contributed by atoms with van der Waals surface area (Å²) in [5.41, 5.74) is 7.36. The van der Waals surface area contributed by atoms with Gasteiger partial charge in [0.2, 0.25) is 0 Å². The van der Waals surface area contributed by atoms with Gasteiger partial charge >= 0.3 is 6.61 Å². The van der Waals surface area contributed by atoms with Gasteiger partial charge in [-0.3, -0.25) is 4.79 Å². The van der Waals surface area contributed by atoms with Crippen molar-refractivity contribution in [1.29, 1.82) is 0 Å². The van der Waals surface area contributed by atoms with E-state index in [4.69, 9.17) is 5.73 Å². The highest BCUT2D eigenvalue weighted by molar-refractivity contribution is 7.07. The Kier molecular flexibility index (Phi) is 3.47. The zero-order valence-corrected chi connectivity index (χ0v) is 9.66. The monoisotopic (exact) mass is 271 g/mol. The fraction of sp³-hybridized carbons (Fsp3) is 0.100. The van der Waals surface area contributed by atoms with Crippen LogP contribution in [0.5, 0.6) is 5.75 Å². The molecule has 0 radical (unpaired) electrons.